The van der Waals surface area contributed by atoms with Gasteiger partial charge in [0.25, 0.3) is 0 Å². The number of fused-ring (bicyclic) bond motifs is 6. The second-order valence-corrected chi connectivity index (χ2v) is 16.1. The minimum atomic E-state index is -0.168. The summed E-state index contributed by atoms with van der Waals surface area (Å²) in [6.07, 6.45) is 0. The van der Waals surface area contributed by atoms with E-state index < -0.39 is 0 Å². The molecule has 0 aromatic heterocycles. The maximum Gasteiger partial charge on any atom is 0.0467 e. The average Bonchev–Trinajstić information content (AvgIpc) is 3.52. The largest absolute Gasteiger partial charge is 0.310 e. The van der Waals surface area contributed by atoms with Crippen molar-refractivity contribution in [1.29, 1.82) is 0 Å². The number of anilines is 6. The van der Waals surface area contributed by atoms with Crippen molar-refractivity contribution in [2.45, 2.75) is 59.3 Å². The van der Waals surface area contributed by atoms with E-state index in [1.165, 1.54) is 78.3 Å². The molecule has 2 aliphatic rings. The van der Waals surface area contributed by atoms with E-state index in [-0.39, 0.29) is 10.8 Å². The highest BCUT2D eigenvalue weighted by Gasteiger charge is 2.43. The molecule has 0 heterocycles. The molecule has 0 saturated carbocycles. The predicted molar refractivity (Wildman–Crippen MR) is 225 cm³/mol. The Bertz CT molecular complexity index is 2510. The summed E-state index contributed by atoms with van der Waals surface area (Å²) in [4.78, 5) is 4.78. The van der Waals surface area contributed by atoms with E-state index in [4.69, 9.17) is 0 Å². The quantitative estimate of drug-likeness (QED) is 0.172. The molecule has 53 heavy (non-hydrogen) atoms. The van der Waals surface area contributed by atoms with Crippen LogP contribution in [0.1, 0.15) is 66.6 Å². The maximum absolute atomic E-state index is 2.54. The van der Waals surface area contributed by atoms with Crippen molar-refractivity contribution in [2.75, 3.05) is 9.80 Å². The van der Waals surface area contributed by atoms with Gasteiger partial charge in [0.05, 0.1) is 0 Å². The normalized spacial score (nSPS) is 14.2. The molecule has 260 valence electrons. The number of nitrogens with zero attached hydrogens (tertiary/aromatic N) is 2. The molecule has 0 N–H and O–H groups in total. The number of para-hydroxylation sites is 2. The highest BCUT2D eigenvalue weighted by molar-refractivity contribution is 5.93. The topological polar surface area (TPSA) is 6.48 Å². The Balaban J connectivity index is 1.16. The molecule has 2 aliphatic carbocycles. The molecule has 0 radical (unpaired) electrons. The zero-order valence-electron chi connectivity index (χ0n) is 31.8. The molecule has 0 aliphatic heterocycles. The molecular formula is C51H46N2. The molecule has 0 atom stereocenters. The minimum Gasteiger partial charge on any atom is -0.310 e. The zero-order valence-corrected chi connectivity index (χ0v) is 31.8. The van der Waals surface area contributed by atoms with Gasteiger partial charge in [-0.1, -0.05) is 106 Å². The van der Waals surface area contributed by atoms with Crippen LogP contribution in [-0.4, -0.2) is 0 Å². The molecule has 0 spiro atoms. The lowest BCUT2D eigenvalue weighted by atomic mass is 9.79. The average molecular weight is 687 g/mol. The maximum atomic E-state index is 2.54. The van der Waals surface area contributed by atoms with Crippen LogP contribution in [0, 0.1) is 20.8 Å². The summed E-state index contributed by atoms with van der Waals surface area (Å²) in [7, 11) is 0. The monoisotopic (exact) mass is 686 g/mol. The molecule has 0 unspecified atom stereocenters. The number of hydrogen-bond donors (Lipinski definition) is 0. The van der Waals surface area contributed by atoms with Crippen molar-refractivity contribution in [3.8, 4) is 22.3 Å². The summed E-state index contributed by atoms with van der Waals surface area (Å²) in [6, 6.07) is 56.3. The number of aryl methyl sites for hydroxylation is 3. The molecule has 7 aromatic carbocycles. The lowest BCUT2D eigenvalue weighted by Crippen LogP contribution is -2.18. The standard InChI is InChI=1S/C51H46N2/c1-33-18-22-38(23-19-33)52(36-14-10-8-11-15-36)40-26-27-42-43-31-47-44(32-46(43)50(4,5)45(42)29-40)49-35(3)28-41(30-48(49)51(47,6)7)53(37-16-12-9-13-17-37)39-24-20-34(2)21-25-39/h8-32H,1-7H3. The number of hydrogen-bond acceptors (Lipinski definition) is 2. The van der Waals surface area contributed by atoms with Crippen molar-refractivity contribution >= 4 is 34.1 Å². The van der Waals surface area contributed by atoms with Gasteiger partial charge in [0.1, 0.15) is 0 Å². The van der Waals surface area contributed by atoms with Gasteiger partial charge in [-0.25, -0.2) is 0 Å². The Morgan fingerprint density at radius 2 is 0.755 bits per heavy atom. The zero-order chi connectivity index (χ0) is 36.6. The molecule has 2 nitrogen and oxygen atoms in total. The van der Waals surface area contributed by atoms with E-state index >= 15 is 0 Å². The van der Waals surface area contributed by atoms with Crippen LogP contribution in [-0.2, 0) is 10.8 Å². The molecule has 0 saturated heterocycles. The Hall–Kier alpha value is -5.86. The van der Waals surface area contributed by atoms with E-state index in [9.17, 15) is 0 Å². The third kappa shape index (κ3) is 5.23. The fourth-order valence-electron chi connectivity index (χ4n) is 8.96. The summed E-state index contributed by atoms with van der Waals surface area (Å²) < 4.78 is 0. The van der Waals surface area contributed by atoms with Gasteiger partial charge in [0, 0.05) is 45.0 Å². The van der Waals surface area contributed by atoms with Gasteiger partial charge in [-0.15, -0.1) is 0 Å². The van der Waals surface area contributed by atoms with Crippen LogP contribution in [0.4, 0.5) is 34.1 Å². The van der Waals surface area contributed by atoms with Crippen LogP contribution >= 0.6 is 0 Å². The summed E-state index contributed by atoms with van der Waals surface area (Å²) >= 11 is 0. The third-order valence-corrected chi connectivity index (χ3v) is 11.9. The van der Waals surface area contributed by atoms with Gasteiger partial charge in [-0.05, 0) is 156 Å². The first-order chi connectivity index (χ1) is 25.5. The van der Waals surface area contributed by atoms with E-state index in [0.717, 1.165) is 17.1 Å². The SMILES string of the molecule is Cc1ccc(N(c2ccccc2)c2ccc3c(c2)C(C)(C)c2cc4c(cc2-3)C(C)(C)c2cc(N(c3ccccc3)c3ccc(C)cc3)cc(C)c2-4)cc1. The van der Waals surface area contributed by atoms with Crippen LogP contribution in [0.15, 0.2) is 152 Å². The predicted octanol–water partition coefficient (Wildman–Crippen LogP) is 14.2. The van der Waals surface area contributed by atoms with Crippen molar-refractivity contribution in [3.05, 3.63) is 191 Å². The Labute approximate surface area is 315 Å². The minimum absolute atomic E-state index is 0.165. The molecular weight excluding hydrogens is 641 g/mol. The molecule has 2 heteroatoms. The van der Waals surface area contributed by atoms with Gasteiger partial charge >= 0.3 is 0 Å². The van der Waals surface area contributed by atoms with Crippen molar-refractivity contribution in [3.63, 3.8) is 0 Å². The lowest BCUT2D eigenvalue weighted by Gasteiger charge is -2.29. The molecule has 9 rings (SSSR count). The second-order valence-electron chi connectivity index (χ2n) is 16.1. The Morgan fingerprint density at radius 3 is 1.32 bits per heavy atom. The van der Waals surface area contributed by atoms with Gasteiger partial charge in [0.2, 0.25) is 0 Å². The Kier molecular flexibility index (Phi) is 7.54. The first-order valence-corrected chi connectivity index (χ1v) is 18.9. The van der Waals surface area contributed by atoms with E-state index in [0.29, 0.717) is 0 Å². The summed E-state index contributed by atoms with van der Waals surface area (Å²) in [6.45, 7) is 16.2. The van der Waals surface area contributed by atoms with Crippen LogP contribution in [0.3, 0.4) is 0 Å². The highest BCUT2D eigenvalue weighted by Crippen LogP contribution is 2.58. The fraction of sp³-hybridized carbons (Fsp3) is 0.176. The molecule has 0 fully saturated rings. The van der Waals surface area contributed by atoms with Gasteiger partial charge in [0.15, 0.2) is 0 Å². The first-order valence-electron chi connectivity index (χ1n) is 18.9. The van der Waals surface area contributed by atoms with Crippen LogP contribution in [0.2, 0.25) is 0 Å². The van der Waals surface area contributed by atoms with Crippen LogP contribution in [0.5, 0.6) is 0 Å². The third-order valence-electron chi connectivity index (χ3n) is 11.9. The summed E-state index contributed by atoms with van der Waals surface area (Å²) in [5.41, 5.74) is 21.6. The molecule has 0 bridgehead atoms. The van der Waals surface area contributed by atoms with Crippen molar-refractivity contribution in [2.24, 2.45) is 0 Å². The lowest BCUT2D eigenvalue weighted by molar-refractivity contribution is 0.652. The smallest absolute Gasteiger partial charge is 0.0467 e. The van der Waals surface area contributed by atoms with Gasteiger partial charge in [-0.2, -0.15) is 0 Å². The van der Waals surface area contributed by atoms with Gasteiger partial charge in [-0.3, -0.25) is 0 Å². The summed E-state index contributed by atoms with van der Waals surface area (Å²) in [5.74, 6) is 0. The highest BCUT2D eigenvalue weighted by atomic mass is 15.1. The Morgan fingerprint density at radius 1 is 0.340 bits per heavy atom. The van der Waals surface area contributed by atoms with Crippen LogP contribution in [0.25, 0.3) is 22.3 Å². The number of rotatable bonds is 6. The second kappa shape index (κ2) is 12.1. The molecule has 0 amide bonds. The van der Waals surface area contributed by atoms with E-state index in [2.05, 4.69) is 210 Å². The summed E-state index contributed by atoms with van der Waals surface area (Å²) in [5, 5.41) is 0. The first kappa shape index (κ1) is 33.0. The number of benzene rings is 7. The molecule has 7 aromatic rings. The van der Waals surface area contributed by atoms with E-state index in [1.54, 1.807) is 0 Å². The van der Waals surface area contributed by atoms with E-state index in [1.807, 2.05) is 0 Å². The van der Waals surface area contributed by atoms with Crippen molar-refractivity contribution < 1.29 is 0 Å². The van der Waals surface area contributed by atoms with Gasteiger partial charge < -0.3 is 9.80 Å². The fourth-order valence-corrected chi connectivity index (χ4v) is 8.96. The van der Waals surface area contributed by atoms with Crippen LogP contribution < -0.4 is 9.80 Å². The van der Waals surface area contributed by atoms with Crippen molar-refractivity contribution in [1.82, 2.24) is 0 Å².